The lowest BCUT2D eigenvalue weighted by molar-refractivity contribution is 0.198. The minimum atomic E-state index is -0.0119. The van der Waals surface area contributed by atoms with Gasteiger partial charge in [-0.25, -0.2) is 4.79 Å². The first kappa shape index (κ1) is 29.2. The molecule has 2 N–H and O–H groups in total. The average Bonchev–Trinajstić information content (AvgIpc) is 3.36. The highest BCUT2D eigenvalue weighted by Crippen LogP contribution is 2.34. The van der Waals surface area contributed by atoms with Gasteiger partial charge in [-0.05, 0) is 76.0 Å². The summed E-state index contributed by atoms with van der Waals surface area (Å²) in [5.41, 5.74) is 3.09. The number of urea groups is 1. The SMILES string of the molecule is CN(C)C[C]1[CH][CH][CH][C]1CN(CCCCCCNc1ccnc2cc(Cl)ccc12)C(=O)NCc1ccccc1. The van der Waals surface area contributed by atoms with Crippen LogP contribution in [-0.2, 0) is 6.54 Å². The summed E-state index contributed by atoms with van der Waals surface area (Å²) in [7, 11) is 4.14. The highest BCUT2D eigenvalue weighted by molar-refractivity contribution is 6.31. The van der Waals surface area contributed by atoms with E-state index in [1.54, 1.807) is 0 Å². The standard InChI is InChI=1S/C32H39ClN5O/c1-37(2)23-26-13-10-14-27(26)24-38(32(39)36-22-25-11-6-5-7-12-25)20-9-4-3-8-18-34-30-17-19-35-31-21-28(33)15-16-29(30)31/h5-7,10-17,19,21H,3-4,8-9,18,20,22-24H2,1-2H3,(H,34,35)(H,36,39). The van der Waals surface area contributed by atoms with Crippen molar-refractivity contribution < 1.29 is 4.79 Å². The Morgan fingerprint density at radius 2 is 1.69 bits per heavy atom. The number of carbonyl (C=O) groups excluding carboxylic acids is 1. The number of pyridine rings is 1. The summed E-state index contributed by atoms with van der Waals surface area (Å²) in [6.07, 6.45) is 12.4. The zero-order chi connectivity index (χ0) is 27.5. The monoisotopic (exact) mass is 544 g/mol. The lowest BCUT2D eigenvalue weighted by atomic mass is 9.95. The van der Waals surface area contributed by atoms with E-state index in [0.29, 0.717) is 18.1 Å². The third-order valence-electron chi connectivity index (χ3n) is 6.80. The fourth-order valence-electron chi connectivity index (χ4n) is 4.77. The fraction of sp³-hybridized carbons (Fsp3) is 0.344. The molecule has 39 heavy (non-hydrogen) atoms. The molecule has 0 bridgehead atoms. The van der Waals surface area contributed by atoms with Crippen LogP contribution in [0.4, 0.5) is 10.5 Å². The molecule has 1 fully saturated rings. The van der Waals surface area contributed by atoms with Crippen molar-refractivity contribution in [3.8, 4) is 0 Å². The molecule has 0 unspecified atom stereocenters. The van der Waals surface area contributed by atoms with Gasteiger partial charge in [-0.15, -0.1) is 0 Å². The second-order valence-corrected chi connectivity index (χ2v) is 10.7. The van der Waals surface area contributed by atoms with Crippen LogP contribution in [0.15, 0.2) is 60.8 Å². The summed E-state index contributed by atoms with van der Waals surface area (Å²) in [6, 6.07) is 17.9. The summed E-state index contributed by atoms with van der Waals surface area (Å²) in [4.78, 5) is 21.7. The number of anilines is 1. The van der Waals surface area contributed by atoms with Gasteiger partial charge in [0, 0.05) is 66.9 Å². The van der Waals surface area contributed by atoms with Crippen molar-refractivity contribution in [2.24, 2.45) is 0 Å². The van der Waals surface area contributed by atoms with E-state index in [0.717, 1.165) is 67.5 Å². The lowest BCUT2D eigenvalue weighted by Crippen LogP contribution is -2.43. The first-order chi connectivity index (χ1) is 19.0. The third kappa shape index (κ3) is 9.11. The van der Waals surface area contributed by atoms with E-state index in [1.807, 2.05) is 65.7 Å². The van der Waals surface area contributed by atoms with E-state index in [9.17, 15) is 4.79 Å². The maximum atomic E-state index is 13.2. The summed E-state index contributed by atoms with van der Waals surface area (Å²) in [5.74, 6) is 2.49. The molecule has 1 aromatic heterocycles. The Labute approximate surface area is 239 Å². The van der Waals surface area contributed by atoms with E-state index in [1.165, 1.54) is 11.8 Å². The second-order valence-electron chi connectivity index (χ2n) is 10.2. The highest BCUT2D eigenvalue weighted by Gasteiger charge is 2.32. The predicted octanol–water partition coefficient (Wildman–Crippen LogP) is 6.41. The second kappa shape index (κ2) is 15.1. The maximum Gasteiger partial charge on any atom is 0.317 e. The molecule has 1 heterocycles. The van der Waals surface area contributed by atoms with Gasteiger partial charge < -0.3 is 20.4 Å². The lowest BCUT2D eigenvalue weighted by Gasteiger charge is -2.29. The number of halogens is 1. The molecule has 1 saturated carbocycles. The van der Waals surface area contributed by atoms with Gasteiger partial charge in [0.25, 0.3) is 0 Å². The van der Waals surface area contributed by atoms with Crippen LogP contribution < -0.4 is 10.6 Å². The summed E-state index contributed by atoms with van der Waals surface area (Å²) < 4.78 is 0. The number of hydrogen-bond acceptors (Lipinski definition) is 4. The first-order valence-electron chi connectivity index (χ1n) is 13.7. The molecule has 4 rings (SSSR count). The number of aromatic nitrogens is 1. The Bertz CT molecular complexity index is 1170. The zero-order valence-corrected chi connectivity index (χ0v) is 23.8. The van der Waals surface area contributed by atoms with Gasteiger partial charge >= 0.3 is 6.03 Å². The molecular weight excluding hydrogens is 506 g/mol. The molecule has 0 spiro atoms. The minimum absolute atomic E-state index is 0.0119. The largest absolute Gasteiger partial charge is 0.384 e. The van der Waals surface area contributed by atoms with E-state index in [2.05, 4.69) is 53.9 Å². The summed E-state index contributed by atoms with van der Waals surface area (Å²) >= 11 is 6.11. The van der Waals surface area contributed by atoms with Crippen LogP contribution in [0.1, 0.15) is 31.2 Å². The molecular formula is C32H39ClN5O. The van der Waals surface area contributed by atoms with Crippen LogP contribution in [0.25, 0.3) is 10.9 Å². The van der Waals surface area contributed by atoms with Crippen LogP contribution in [-0.4, -0.2) is 61.1 Å². The highest BCUT2D eigenvalue weighted by atomic mass is 35.5. The summed E-state index contributed by atoms with van der Waals surface area (Å²) in [5, 5.41) is 8.45. The molecule has 2 amide bonds. The van der Waals surface area contributed by atoms with E-state index in [4.69, 9.17) is 11.6 Å². The molecule has 7 heteroatoms. The molecule has 1 aliphatic rings. The number of nitrogens with zero attached hydrogens (tertiary/aromatic N) is 3. The average molecular weight is 545 g/mol. The molecule has 5 radical (unpaired) electrons. The Balaban J connectivity index is 1.23. The van der Waals surface area contributed by atoms with Gasteiger partial charge in [0.05, 0.1) is 5.52 Å². The minimum Gasteiger partial charge on any atom is -0.384 e. The third-order valence-corrected chi connectivity index (χ3v) is 7.04. The number of carbonyl (C=O) groups is 1. The van der Waals surface area contributed by atoms with Crippen LogP contribution in [0.3, 0.4) is 0 Å². The van der Waals surface area contributed by atoms with Crippen molar-refractivity contribution in [3.05, 3.63) is 102 Å². The smallest absolute Gasteiger partial charge is 0.317 e. The Morgan fingerprint density at radius 1 is 0.923 bits per heavy atom. The molecule has 0 atom stereocenters. The Morgan fingerprint density at radius 3 is 2.49 bits per heavy atom. The molecule has 0 aliphatic heterocycles. The van der Waals surface area contributed by atoms with Gasteiger partial charge in [0.2, 0.25) is 0 Å². The number of nitrogens with one attached hydrogen (secondary N) is 2. The first-order valence-corrected chi connectivity index (χ1v) is 14.1. The number of amides is 2. The summed E-state index contributed by atoms with van der Waals surface area (Å²) in [6.45, 7) is 3.65. The van der Waals surface area contributed by atoms with Gasteiger partial charge in [0.1, 0.15) is 0 Å². The van der Waals surface area contributed by atoms with Crippen LogP contribution in [0.5, 0.6) is 0 Å². The van der Waals surface area contributed by atoms with Gasteiger partial charge in [0.15, 0.2) is 0 Å². The van der Waals surface area contributed by atoms with Crippen molar-refractivity contribution >= 4 is 34.2 Å². The predicted molar refractivity (Wildman–Crippen MR) is 162 cm³/mol. The molecule has 6 nitrogen and oxygen atoms in total. The number of fused-ring (bicyclic) bond motifs is 1. The normalized spacial score (nSPS) is 14.3. The number of hydrogen-bond donors (Lipinski definition) is 2. The van der Waals surface area contributed by atoms with E-state index in [-0.39, 0.29) is 6.03 Å². The van der Waals surface area contributed by atoms with Crippen molar-refractivity contribution in [1.29, 1.82) is 0 Å². The zero-order valence-electron chi connectivity index (χ0n) is 23.0. The Kier molecular flexibility index (Phi) is 11.3. The molecule has 205 valence electrons. The topological polar surface area (TPSA) is 60.5 Å². The van der Waals surface area contributed by atoms with Gasteiger partial charge in [-0.1, -0.05) is 54.8 Å². The van der Waals surface area contributed by atoms with Gasteiger partial charge in [-0.2, -0.15) is 0 Å². The van der Waals surface area contributed by atoms with Crippen molar-refractivity contribution in [3.63, 3.8) is 0 Å². The Hall–Kier alpha value is -2.83. The quantitative estimate of drug-likeness (QED) is 0.230. The number of benzene rings is 2. The molecule has 3 aromatic rings. The molecule has 0 saturated heterocycles. The van der Waals surface area contributed by atoms with Crippen molar-refractivity contribution in [1.82, 2.24) is 20.1 Å². The number of rotatable bonds is 14. The molecule has 2 aromatic carbocycles. The number of unbranched alkanes of at least 4 members (excludes halogenated alkanes) is 3. The van der Waals surface area contributed by atoms with Crippen LogP contribution >= 0.6 is 11.6 Å². The van der Waals surface area contributed by atoms with Crippen molar-refractivity contribution in [2.75, 3.05) is 45.6 Å². The van der Waals surface area contributed by atoms with Crippen LogP contribution in [0.2, 0.25) is 5.02 Å². The van der Waals surface area contributed by atoms with E-state index >= 15 is 0 Å². The fourth-order valence-corrected chi connectivity index (χ4v) is 4.93. The maximum absolute atomic E-state index is 13.2. The van der Waals surface area contributed by atoms with E-state index < -0.39 is 0 Å². The molecule has 1 aliphatic carbocycles. The van der Waals surface area contributed by atoms with Crippen molar-refractivity contribution in [2.45, 2.75) is 32.2 Å². The van der Waals surface area contributed by atoms with Crippen LogP contribution in [0, 0.1) is 31.1 Å². The van der Waals surface area contributed by atoms with Gasteiger partial charge in [-0.3, -0.25) is 4.98 Å².